The number of hydrogen-bond donors (Lipinski definition) is 3. The molecule has 6 nitrogen and oxygen atoms in total. The number of rotatable bonds is 3. The van der Waals surface area contributed by atoms with Gasteiger partial charge in [0.1, 0.15) is 5.75 Å². The van der Waals surface area contributed by atoms with Crippen molar-refractivity contribution >= 4 is 5.69 Å². The Bertz CT molecular complexity index is 327. The van der Waals surface area contributed by atoms with Crippen LogP contribution in [0.5, 0.6) is 5.75 Å². The summed E-state index contributed by atoms with van der Waals surface area (Å²) in [5.41, 5.74) is 0.354. The van der Waals surface area contributed by atoms with Gasteiger partial charge >= 0.3 is 0 Å². The average molecular weight is 200 g/mol. The second-order valence-electron chi connectivity index (χ2n) is 2.54. The molecular weight excluding hydrogens is 188 g/mol. The zero-order chi connectivity index (χ0) is 9.84. The van der Waals surface area contributed by atoms with E-state index < -0.39 is 4.92 Å². The van der Waals surface area contributed by atoms with Crippen LogP contribution in [0.15, 0.2) is 18.2 Å². The quantitative estimate of drug-likeness (QED) is 0.496. The first-order valence-corrected chi connectivity index (χ1v) is 3.72. The van der Waals surface area contributed by atoms with Gasteiger partial charge in [-0.2, -0.15) is 0 Å². The molecule has 14 heavy (non-hydrogen) atoms. The summed E-state index contributed by atoms with van der Waals surface area (Å²) in [5, 5.41) is 28.1. The Balaban J connectivity index is 0.00000169. The van der Waals surface area contributed by atoms with Crippen LogP contribution >= 0.6 is 0 Å². The van der Waals surface area contributed by atoms with Crippen molar-refractivity contribution in [2.24, 2.45) is 0 Å². The molecule has 78 valence electrons. The highest BCUT2D eigenvalue weighted by atomic mass is 16.6. The Kier molecular flexibility index (Phi) is 4.54. The van der Waals surface area contributed by atoms with Gasteiger partial charge in [0.2, 0.25) is 0 Å². The van der Waals surface area contributed by atoms with Gasteiger partial charge in [0.15, 0.2) is 0 Å². The number of phenols is 1. The standard InChI is InChI=1S/C8H9NO4.H3N/c10-4-3-6-1-2-7(9(12)13)5-8(6)11;/h1-2,5,10-11H,3-4H2;1H3. The summed E-state index contributed by atoms with van der Waals surface area (Å²) in [4.78, 5) is 9.69. The highest BCUT2D eigenvalue weighted by Crippen LogP contribution is 2.23. The van der Waals surface area contributed by atoms with Crippen molar-refractivity contribution in [1.29, 1.82) is 0 Å². The first-order valence-electron chi connectivity index (χ1n) is 3.72. The van der Waals surface area contributed by atoms with Crippen molar-refractivity contribution in [3.8, 4) is 5.75 Å². The SMILES string of the molecule is N.O=[N+]([O-])c1ccc(CCO)c(O)c1. The predicted molar refractivity (Wildman–Crippen MR) is 50.6 cm³/mol. The molecule has 0 saturated heterocycles. The number of benzene rings is 1. The van der Waals surface area contributed by atoms with Crippen LogP contribution in [-0.2, 0) is 6.42 Å². The van der Waals surface area contributed by atoms with Gasteiger partial charge in [-0.15, -0.1) is 0 Å². The molecule has 0 amide bonds. The van der Waals surface area contributed by atoms with Crippen LogP contribution in [0.2, 0.25) is 0 Å². The average Bonchev–Trinajstić information content (AvgIpc) is 2.08. The molecule has 0 spiro atoms. The lowest BCUT2D eigenvalue weighted by atomic mass is 10.1. The molecular formula is C8H12N2O4. The minimum atomic E-state index is -0.581. The summed E-state index contributed by atoms with van der Waals surface area (Å²) in [6, 6.07) is 3.80. The molecule has 0 radical (unpaired) electrons. The Labute approximate surface area is 80.5 Å². The van der Waals surface area contributed by atoms with Crippen LogP contribution in [-0.4, -0.2) is 21.7 Å². The fraction of sp³-hybridized carbons (Fsp3) is 0.250. The highest BCUT2D eigenvalue weighted by molar-refractivity contribution is 5.43. The Morgan fingerprint density at radius 2 is 2.07 bits per heavy atom. The molecule has 0 atom stereocenters. The van der Waals surface area contributed by atoms with Crippen molar-refractivity contribution in [2.75, 3.05) is 6.61 Å². The maximum Gasteiger partial charge on any atom is 0.273 e. The molecule has 1 rings (SSSR count). The summed E-state index contributed by atoms with van der Waals surface area (Å²) < 4.78 is 0. The van der Waals surface area contributed by atoms with Crippen LogP contribution in [0.25, 0.3) is 0 Å². The van der Waals surface area contributed by atoms with Crippen LogP contribution in [0.3, 0.4) is 0 Å². The zero-order valence-electron chi connectivity index (χ0n) is 7.51. The molecule has 0 aliphatic rings. The van der Waals surface area contributed by atoms with E-state index in [1.54, 1.807) is 0 Å². The lowest BCUT2D eigenvalue weighted by Gasteiger charge is -2.01. The van der Waals surface area contributed by atoms with E-state index >= 15 is 0 Å². The molecule has 0 unspecified atom stereocenters. The van der Waals surface area contributed by atoms with Gasteiger partial charge in [-0.05, 0) is 18.1 Å². The first-order chi connectivity index (χ1) is 6.15. The predicted octanol–water partition coefficient (Wildman–Crippen LogP) is 0.997. The largest absolute Gasteiger partial charge is 0.507 e. The molecule has 1 aromatic rings. The van der Waals surface area contributed by atoms with Crippen LogP contribution < -0.4 is 6.15 Å². The Hall–Kier alpha value is -1.66. The number of nitro benzene ring substituents is 1. The summed E-state index contributed by atoms with van der Waals surface area (Å²) in [6.07, 6.45) is 0.295. The van der Waals surface area contributed by atoms with Crippen molar-refractivity contribution in [3.05, 3.63) is 33.9 Å². The number of nitrogens with zero attached hydrogens (tertiary/aromatic N) is 1. The molecule has 0 aliphatic carbocycles. The molecule has 0 bridgehead atoms. The highest BCUT2D eigenvalue weighted by Gasteiger charge is 2.08. The summed E-state index contributed by atoms with van der Waals surface area (Å²) in [7, 11) is 0. The van der Waals surface area contributed by atoms with Gasteiger partial charge in [-0.25, -0.2) is 0 Å². The number of hydrogen-bond acceptors (Lipinski definition) is 5. The fourth-order valence-corrected chi connectivity index (χ4v) is 0.998. The van der Waals surface area contributed by atoms with Gasteiger partial charge in [0.05, 0.1) is 11.0 Å². The van der Waals surface area contributed by atoms with E-state index in [1.165, 1.54) is 12.1 Å². The maximum atomic E-state index is 10.3. The van der Waals surface area contributed by atoms with Gasteiger partial charge in [0.25, 0.3) is 5.69 Å². The summed E-state index contributed by atoms with van der Waals surface area (Å²) >= 11 is 0. The van der Waals surface area contributed by atoms with Crippen molar-refractivity contribution in [3.63, 3.8) is 0 Å². The van der Waals surface area contributed by atoms with E-state index in [-0.39, 0.29) is 24.2 Å². The number of phenolic OH excluding ortho intramolecular Hbond substituents is 1. The summed E-state index contributed by atoms with van der Waals surface area (Å²) in [6.45, 7) is -0.0919. The monoisotopic (exact) mass is 200 g/mol. The van der Waals surface area contributed by atoms with Crippen LogP contribution in [0.4, 0.5) is 5.69 Å². The van der Waals surface area contributed by atoms with E-state index in [2.05, 4.69) is 0 Å². The lowest BCUT2D eigenvalue weighted by molar-refractivity contribution is -0.384. The molecule has 0 aliphatic heterocycles. The molecule has 0 aromatic heterocycles. The molecule has 1 aromatic carbocycles. The lowest BCUT2D eigenvalue weighted by Crippen LogP contribution is -1.93. The van der Waals surface area contributed by atoms with Crippen molar-refractivity contribution in [1.82, 2.24) is 6.15 Å². The Morgan fingerprint density at radius 1 is 1.43 bits per heavy atom. The Morgan fingerprint density at radius 3 is 2.50 bits per heavy atom. The number of aromatic hydroxyl groups is 1. The number of non-ortho nitro benzene ring substituents is 1. The zero-order valence-corrected chi connectivity index (χ0v) is 7.51. The normalized spacial score (nSPS) is 9.21. The second-order valence-corrected chi connectivity index (χ2v) is 2.54. The molecule has 0 heterocycles. The topological polar surface area (TPSA) is 119 Å². The summed E-state index contributed by atoms with van der Waals surface area (Å²) in [5.74, 6) is -0.150. The molecule has 5 N–H and O–H groups in total. The molecule has 6 heteroatoms. The minimum Gasteiger partial charge on any atom is -0.507 e. The third kappa shape index (κ3) is 2.68. The third-order valence-corrected chi connectivity index (χ3v) is 1.66. The van der Waals surface area contributed by atoms with E-state index in [1.807, 2.05) is 0 Å². The van der Waals surface area contributed by atoms with E-state index in [0.29, 0.717) is 12.0 Å². The fourth-order valence-electron chi connectivity index (χ4n) is 0.998. The number of aliphatic hydroxyl groups excluding tert-OH is 1. The van der Waals surface area contributed by atoms with Gasteiger partial charge in [0, 0.05) is 12.7 Å². The molecule has 0 fully saturated rings. The number of aliphatic hydroxyl groups is 1. The van der Waals surface area contributed by atoms with Crippen LogP contribution in [0.1, 0.15) is 5.56 Å². The second kappa shape index (κ2) is 5.15. The first kappa shape index (κ1) is 12.3. The van der Waals surface area contributed by atoms with Crippen molar-refractivity contribution < 1.29 is 15.1 Å². The van der Waals surface area contributed by atoms with E-state index in [4.69, 9.17) is 5.11 Å². The smallest absolute Gasteiger partial charge is 0.273 e. The third-order valence-electron chi connectivity index (χ3n) is 1.66. The van der Waals surface area contributed by atoms with E-state index in [9.17, 15) is 15.2 Å². The van der Waals surface area contributed by atoms with Gasteiger partial charge in [-0.3, -0.25) is 10.1 Å². The minimum absolute atomic E-state index is 0. The molecule has 0 saturated carbocycles. The van der Waals surface area contributed by atoms with Gasteiger partial charge < -0.3 is 16.4 Å². The van der Waals surface area contributed by atoms with E-state index in [0.717, 1.165) is 6.07 Å². The van der Waals surface area contributed by atoms with Crippen molar-refractivity contribution in [2.45, 2.75) is 6.42 Å². The maximum absolute atomic E-state index is 10.3. The van der Waals surface area contributed by atoms with Crippen LogP contribution in [0, 0.1) is 10.1 Å². The number of nitro groups is 1. The van der Waals surface area contributed by atoms with Gasteiger partial charge in [-0.1, -0.05) is 0 Å².